The topological polar surface area (TPSA) is 63.4 Å². The molecule has 0 aliphatic carbocycles. The Kier molecular flexibility index (Phi) is 3.85. The number of hydrogen-bond acceptors (Lipinski definition) is 3. The number of nitrogens with zero attached hydrogens (tertiary/aromatic N) is 1. The Hall–Kier alpha value is -1.88. The van der Waals surface area contributed by atoms with E-state index in [1.54, 1.807) is 0 Å². The van der Waals surface area contributed by atoms with Crippen LogP contribution in [0.25, 0.3) is 0 Å². The van der Waals surface area contributed by atoms with E-state index in [-0.39, 0.29) is 17.4 Å². The minimum Gasteiger partial charge on any atom is -0.507 e. The number of nitro benzene ring substituents is 1. The van der Waals surface area contributed by atoms with Gasteiger partial charge in [0.1, 0.15) is 5.75 Å². The molecule has 0 saturated heterocycles. The van der Waals surface area contributed by atoms with Crippen LogP contribution in [0.1, 0.15) is 24.0 Å². The molecule has 5 heteroatoms. The smallest absolute Gasteiger partial charge is 0.274 e. The summed E-state index contributed by atoms with van der Waals surface area (Å²) < 4.78 is 0.322. The maximum atomic E-state index is 11.1. The largest absolute Gasteiger partial charge is 0.507 e. The molecule has 1 atom stereocenters. The molecule has 1 unspecified atom stereocenters. The maximum absolute atomic E-state index is 11.1. The van der Waals surface area contributed by atoms with Crippen LogP contribution in [0.15, 0.2) is 46.9 Å². The second-order valence-corrected chi connectivity index (χ2v) is 5.11. The van der Waals surface area contributed by atoms with E-state index in [9.17, 15) is 15.2 Å². The molecule has 2 aromatic carbocycles. The Morgan fingerprint density at radius 1 is 1.26 bits per heavy atom. The van der Waals surface area contributed by atoms with E-state index < -0.39 is 4.92 Å². The van der Waals surface area contributed by atoms with Gasteiger partial charge in [-0.15, -0.1) is 0 Å². The average Bonchev–Trinajstić information content (AvgIpc) is 2.41. The number of rotatable bonds is 3. The Balaban J connectivity index is 2.55. The number of phenols is 1. The number of hydrogen-bond donors (Lipinski definition) is 1. The summed E-state index contributed by atoms with van der Waals surface area (Å²) in [6.45, 7) is 1.88. The summed E-state index contributed by atoms with van der Waals surface area (Å²) in [6, 6.07) is 12.3. The molecule has 0 radical (unpaired) electrons. The van der Waals surface area contributed by atoms with Gasteiger partial charge in [-0.25, -0.2) is 0 Å². The van der Waals surface area contributed by atoms with Crippen molar-refractivity contribution in [1.29, 1.82) is 0 Å². The van der Waals surface area contributed by atoms with Crippen LogP contribution >= 0.6 is 15.9 Å². The SMILES string of the molecule is CC(c1ccccc1)c1cc(O)c(Br)cc1[N+](=O)[O-]. The summed E-state index contributed by atoms with van der Waals surface area (Å²) in [5.41, 5.74) is 1.46. The van der Waals surface area contributed by atoms with Crippen molar-refractivity contribution < 1.29 is 10.0 Å². The highest BCUT2D eigenvalue weighted by Gasteiger charge is 2.22. The van der Waals surface area contributed by atoms with Crippen LogP contribution in [-0.4, -0.2) is 10.0 Å². The van der Waals surface area contributed by atoms with Gasteiger partial charge < -0.3 is 5.11 Å². The van der Waals surface area contributed by atoms with Crippen molar-refractivity contribution in [2.75, 3.05) is 0 Å². The molecule has 4 nitrogen and oxygen atoms in total. The number of nitro groups is 1. The lowest BCUT2D eigenvalue weighted by Crippen LogP contribution is -2.01. The number of benzene rings is 2. The molecule has 0 spiro atoms. The summed E-state index contributed by atoms with van der Waals surface area (Å²) in [6.07, 6.45) is 0. The van der Waals surface area contributed by atoms with E-state index in [0.717, 1.165) is 5.56 Å². The highest BCUT2D eigenvalue weighted by molar-refractivity contribution is 9.10. The summed E-state index contributed by atoms with van der Waals surface area (Å²) in [5, 5.41) is 20.9. The molecule has 1 N–H and O–H groups in total. The fourth-order valence-corrected chi connectivity index (χ4v) is 2.32. The van der Waals surface area contributed by atoms with Crippen molar-refractivity contribution in [2.24, 2.45) is 0 Å². The van der Waals surface area contributed by atoms with Crippen LogP contribution in [0.5, 0.6) is 5.75 Å². The average molecular weight is 322 g/mol. The van der Waals surface area contributed by atoms with E-state index in [1.807, 2.05) is 37.3 Å². The molecule has 0 heterocycles. The van der Waals surface area contributed by atoms with Crippen molar-refractivity contribution in [2.45, 2.75) is 12.8 Å². The van der Waals surface area contributed by atoms with Gasteiger partial charge in [0.25, 0.3) is 5.69 Å². The molecule has 2 rings (SSSR count). The lowest BCUT2D eigenvalue weighted by molar-refractivity contribution is -0.385. The summed E-state index contributed by atoms with van der Waals surface area (Å²) in [5.74, 6) is -0.163. The lowest BCUT2D eigenvalue weighted by Gasteiger charge is -2.13. The third-order valence-electron chi connectivity index (χ3n) is 3.06. The van der Waals surface area contributed by atoms with Crippen molar-refractivity contribution in [3.8, 4) is 5.75 Å². The van der Waals surface area contributed by atoms with Gasteiger partial charge >= 0.3 is 0 Å². The first-order valence-corrected chi connectivity index (χ1v) is 6.51. The predicted octanol–water partition coefficient (Wildman–Crippen LogP) is 4.21. The second-order valence-electron chi connectivity index (χ2n) is 4.25. The molecule has 2 aromatic rings. The summed E-state index contributed by atoms with van der Waals surface area (Å²) in [7, 11) is 0. The van der Waals surface area contributed by atoms with Crippen molar-refractivity contribution in [3.05, 3.63) is 68.2 Å². The van der Waals surface area contributed by atoms with Crippen LogP contribution in [0.2, 0.25) is 0 Å². The fraction of sp³-hybridized carbons (Fsp3) is 0.143. The molecule has 0 amide bonds. The van der Waals surface area contributed by atoms with Gasteiger partial charge in [-0.3, -0.25) is 10.1 Å². The van der Waals surface area contributed by atoms with Gasteiger partial charge in [-0.1, -0.05) is 37.3 Å². The first kappa shape index (κ1) is 13.5. The van der Waals surface area contributed by atoms with Crippen LogP contribution in [0, 0.1) is 10.1 Å². The zero-order valence-electron chi connectivity index (χ0n) is 10.2. The van der Waals surface area contributed by atoms with Crippen LogP contribution in [0.3, 0.4) is 0 Å². The Morgan fingerprint density at radius 2 is 1.89 bits per heavy atom. The van der Waals surface area contributed by atoms with Gasteiger partial charge in [0.2, 0.25) is 0 Å². The monoisotopic (exact) mass is 321 g/mol. The summed E-state index contributed by atoms with van der Waals surface area (Å²) in [4.78, 5) is 10.7. The first-order valence-electron chi connectivity index (χ1n) is 5.72. The number of phenolic OH excluding ortho intramolecular Hbond substituents is 1. The number of aromatic hydroxyl groups is 1. The third kappa shape index (κ3) is 2.76. The molecule has 19 heavy (non-hydrogen) atoms. The maximum Gasteiger partial charge on any atom is 0.274 e. The zero-order chi connectivity index (χ0) is 14.0. The van der Waals surface area contributed by atoms with Gasteiger partial charge in [0, 0.05) is 17.5 Å². The van der Waals surface area contributed by atoms with Crippen molar-refractivity contribution >= 4 is 21.6 Å². The first-order chi connectivity index (χ1) is 9.00. The Morgan fingerprint density at radius 3 is 2.47 bits per heavy atom. The predicted molar refractivity (Wildman–Crippen MR) is 76.4 cm³/mol. The van der Waals surface area contributed by atoms with E-state index in [2.05, 4.69) is 15.9 Å². The molecule has 0 saturated carbocycles. The second kappa shape index (κ2) is 5.40. The Bertz CT molecular complexity index is 614. The van der Waals surface area contributed by atoms with E-state index in [4.69, 9.17) is 0 Å². The van der Waals surface area contributed by atoms with Gasteiger partial charge in [0.05, 0.1) is 9.40 Å². The highest BCUT2D eigenvalue weighted by Crippen LogP contribution is 2.37. The highest BCUT2D eigenvalue weighted by atomic mass is 79.9. The van der Waals surface area contributed by atoms with Gasteiger partial charge in [-0.2, -0.15) is 0 Å². The Labute approximate surface area is 119 Å². The molecule has 98 valence electrons. The molecule has 0 bridgehead atoms. The molecule has 0 aromatic heterocycles. The molecule has 0 aliphatic heterocycles. The molecule has 0 fully saturated rings. The van der Waals surface area contributed by atoms with Crippen LogP contribution in [-0.2, 0) is 0 Å². The van der Waals surface area contributed by atoms with E-state index in [0.29, 0.717) is 10.0 Å². The van der Waals surface area contributed by atoms with Gasteiger partial charge in [0.15, 0.2) is 0 Å². The minimum atomic E-state index is -0.432. The summed E-state index contributed by atoms with van der Waals surface area (Å²) >= 11 is 3.10. The minimum absolute atomic E-state index is 0.000952. The molecular weight excluding hydrogens is 310 g/mol. The normalized spacial score (nSPS) is 12.1. The van der Waals surface area contributed by atoms with Gasteiger partial charge in [-0.05, 0) is 27.6 Å². The quantitative estimate of drug-likeness (QED) is 0.680. The van der Waals surface area contributed by atoms with Crippen LogP contribution < -0.4 is 0 Å². The van der Waals surface area contributed by atoms with E-state index >= 15 is 0 Å². The zero-order valence-corrected chi connectivity index (χ0v) is 11.8. The number of halogens is 1. The molecular formula is C14H12BrNO3. The lowest BCUT2D eigenvalue weighted by atomic mass is 9.92. The third-order valence-corrected chi connectivity index (χ3v) is 3.69. The van der Waals surface area contributed by atoms with Crippen molar-refractivity contribution in [3.63, 3.8) is 0 Å². The van der Waals surface area contributed by atoms with E-state index in [1.165, 1.54) is 12.1 Å². The van der Waals surface area contributed by atoms with Crippen LogP contribution in [0.4, 0.5) is 5.69 Å². The standard InChI is InChI=1S/C14H12BrNO3/c1-9(10-5-3-2-4-6-10)11-7-14(17)12(15)8-13(11)16(18)19/h2-9,17H,1H3. The van der Waals surface area contributed by atoms with Crippen molar-refractivity contribution in [1.82, 2.24) is 0 Å². The fourth-order valence-electron chi connectivity index (χ4n) is 1.99. The molecule has 0 aliphatic rings.